The van der Waals surface area contributed by atoms with Crippen LogP contribution in [0.3, 0.4) is 0 Å². The van der Waals surface area contributed by atoms with Gasteiger partial charge in [0.2, 0.25) is 10.6 Å². The summed E-state index contributed by atoms with van der Waals surface area (Å²) in [6.45, 7) is 0. The van der Waals surface area contributed by atoms with Gasteiger partial charge >= 0.3 is 0 Å². The van der Waals surface area contributed by atoms with E-state index in [9.17, 15) is 4.79 Å². The molecule has 0 unspecified atom stereocenters. The first kappa shape index (κ1) is 15.9. The molecule has 1 N–H and O–H groups in total. The van der Waals surface area contributed by atoms with E-state index < -0.39 is 0 Å². The van der Waals surface area contributed by atoms with Crippen molar-refractivity contribution in [1.29, 1.82) is 5.41 Å². The van der Waals surface area contributed by atoms with Gasteiger partial charge in [0.25, 0.3) is 0 Å². The fourth-order valence-corrected chi connectivity index (χ4v) is 2.90. The third kappa shape index (κ3) is 3.07. The van der Waals surface area contributed by atoms with Crippen LogP contribution in [0, 0.1) is 5.41 Å². The number of hydrogen-bond donors (Lipinski definition) is 1. The van der Waals surface area contributed by atoms with E-state index in [0.717, 1.165) is 17.1 Å². The largest absolute Gasteiger partial charge is 0.497 e. The number of carbonyl (C=O) groups is 1. The summed E-state index contributed by atoms with van der Waals surface area (Å²) in [6.07, 6.45) is 0. The molecule has 6 nitrogen and oxygen atoms in total. The molecule has 0 radical (unpaired) electrons. The molecule has 0 bridgehead atoms. The standard InChI is InChI=1S/C17H15N3O3S/c1-22-13-7-3-11(4-8-13)15(21)16-19-20(17(18)24-16)12-5-9-14(23-2)10-6-12/h3-10,18H,1-2H3. The van der Waals surface area contributed by atoms with Gasteiger partial charge in [-0.3, -0.25) is 10.2 Å². The van der Waals surface area contributed by atoms with Crippen molar-refractivity contribution in [3.63, 3.8) is 0 Å². The van der Waals surface area contributed by atoms with Gasteiger partial charge in [0, 0.05) is 5.56 Å². The second kappa shape index (κ2) is 6.67. The Morgan fingerprint density at radius 3 is 2.08 bits per heavy atom. The van der Waals surface area contributed by atoms with Crippen LogP contribution in [0.5, 0.6) is 11.5 Å². The van der Waals surface area contributed by atoms with Gasteiger partial charge < -0.3 is 9.47 Å². The molecule has 2 aromatic carbocycles. The van der Waals surface area contributed by atoms with Crippen molar-refractivity contribution in [3.05, 3.63) is 63.9 Å². The van der Waals surface area contributed by atoms with Crippen molar-refractivity contribution in [2.45, 2.75) is 0 Å². The zero-order valence-electron chi connectivity index (χ0n) is 13.1. The molecule has 1 heterocycles. The van der Waals surface area contributed by atoms with Crippen LogP contribution < -0.4 is 14.3 Å². The SMILES string of the molecule is COc1ccc(C(=O)c2nn(-c3ccc(OC)cc3)c(=N)s2)cc1. The van der Waals surface area contributed by atoms with E-state index in [1.165, 1.54) is 4.68 Å². The monoisotopic (exact) mass is 341 g/mol. The van der Waals surface area contributed by atoms with Crippen LogP contribution >= 0.6 is 11.3 Å². The molecule has 3 aromatic rings. The molecule has 0 aliphatic carbocycles. The van der Waals surface area contributed by atoms with Crippen LogP contribution in [-0.4, -0.2) is 29.8 Å². The van der Waals surface area contributed by atoms with Gasteiger partial charge in [-0.1, -0.05) is 11.3 Å². The minimum Gasteiger partial charge on any atom is -0.497 e. The van der Waals surface area contributed by atoms with Crippen molar-refractivity contribution >= 4 is 17.1 Å². The highest BCUT2D eigenvalue weighted by Gasteiger charge is 2.16. The van der Waals surface area contributed by atoms with E-state index in [1.807, 2.05) is 0 Å². The number of ether oxygens (including phenoxy) is 2. The van der Waals surface area contributed by atoms with Crippen molar-refractivity contribution < 1.29 is 14.3 Å². The molecule has 0 fully saturated rings. The molecular weight excluding hydrogens is 326 g/mol. The van der Waals surface area contributed by atoms with Crippen molar-refractivity contribution in [3.8, 4) is 17.2 Å². The predicted molar refractivity (Wildman–Crippen MR) is 90.3 cm³/mol. The maximum absolute atomic E-state index is 12.5. The summed E-state index contributed by atoms with van der Waals surface area (Å²) in [7, 11) is 3.16. The molecule has 0 aliphatic rings. The van der Waals surface area contributed by atoms with Gasteiger partial charge in [-0.05, 0) is 48.5 Å². The zero-order chi connectivity index (χ0) is 17.1. The fourth-order valence-electron chi connectivity index (χ4n) is 2.15. The smallest absolute Gasteiger partial charge is 0.223 e. The Morgan fingerprint density at radius 1 is 1.00 bits per heavy atom. The topological polar surface area (TPSA) is 77.2 Å². The van der Waals surface area contributed by atoms with Crippen LogP contribution in [0.25, 0.3) is 5.69 Å². The Labute approximate surface area is 142 Å². The summed E-state index contributed by atoms with van der Waals surface area (Å²) in [4.78, 5) is 12.7. The summed E-state index contributed by atoms with van der Waals surface area (Å²) in [5.41, 5.74) is 1.21. The van der Waals surface area contributed by atoms with Crippen molar-refractivity contribution in [1.82, 2.24) is 9.78 Å². The Morgan fingerprint density at radius 2 is 1.54 bits per heavy atom. The van der Waals surface area contributed by atoms with E-state index in [0.29, 0.717) is 17.0 Å². The van der Waals surface area contributed by atoms with E-state index >= 15 is 0 Å². The van der Waals surface area contributed by atoms with Crippen LogP contribution in [0.1, 0.15) is 15.4 Å². The van der Waals surface area contributed by atoms with Crippen LogP contribution in [0.15, 0.2) is 48.5 Å². The number of methoxy groups -OCH3 is 2. The lowest BCUT2D eigenvalue weighted by Crippen LogP contribution is -2.12. The number of rotatable bonds is 5. The molecule has 0 atom stereocenters. The first-order valence-electron chi connectivity index (χ1n) is 7.10. The quantitative estimate of drug-likeness (QED) is 0.724. The number of nitrogens with one attached hydrogen (secondary N) is 1. The van der Waals surface area contributed by atoms with E-state index in [2.05, 4.69) is 5.10 Å². The average Bonchev–Trinajstić information content (AvgIpc) is 3.03. The normalized spacial score (nSPS) is 10.4. The summed E-state index contributed by atoms with van der Waals surface area (Å²) in [5.74, 6) is 1.18. The first-order valence-corrected chi connectivity index (χ1v) is 7.92. The Kier molecular flexibility index (Phi) is 4.43. The van der Waals surface area contributed by atoms with Gasteiger partial charge in [-0.25, -0.2) is 4.68 Å². The molecule has 0 spiro atoms. The van der Waals surface area contributed by atoms with Crippen LogP contribution in [0.2, 0.25) is 0 Å². The number of hydrogen-bond acceptors (Lipinski definition) is 6. The van der Waals surface area contributed by atoms with Crippen molar-refractivity contribution in [2.75, 3.05) is 14.2 Å². The summed E-state index contributed by atoms with van der Waals surface area (Å²) >= 11 is 1.04. The van der Waals surface area contributed by atoms with Gasteiger partial charge in [0.15, 0.2) is 5.01 Å². The maximum Gasteiger partial charge on any atom is 0.223 e. The Hall–Kier alpha value is -2.93. The fraction of sp³-hybridized carbons (Fsp3) is 0.118. The second-order valence-corrected chi connectivity index (χ2v) is 5.86. The molecule has 7 heteroatoms. The minimum atomic E-state index is -0.219. The first-order chi connectivity index (χ1) is 11.6. The highest BCUT2D eigenvalue weighted by atomic mass is 32.1. The van der Waals surface area contributed by atoms with Gasteiger partial charge in [0.1, 0.15) is 11.5 Å². The van der Waals surface area contributed by atoms with Crippen molar-refractivity contribution in [2.24, 2.45) is 0 Å². The minimum absolute atomic E-state index is 0.178. The second-order valence-electron chi connectivity index (χ2n) is 4.88. The number of aromatic nitrogens is 2. The third-order valence-electron chi connectivity index (χ3n) is 3.44. The summed E-state index contributed by atoms with van der Waals surface area (Å²) < 4.78 is 11.6. The lowest BCUT2D eigenvalue weighted by molar-refractivity contribution is 0.103. The van der Waals surface area contributed by atoms with E-state index in [1.54, 1.807) is 62.8 Å². The Balaban J connectivity index is 1.92. The number of nitrogens with zero attached hydrogens (tertiary/aromatic N) is 2. The summed E-state index contributed by atoms with van der Waals surface area (Å²) in [6, 6.07) is 14.0. The predicted octanol–water partition coefficient (Wildman–Crippen LogP) is 2.66. The van der Waals surface area contributed by atoms with Crippen LogP contribution in [0.4, 0.5) is 0 Å². The van der Waals surface area contributed by atoms with Gasteiger partial charge in [0.05, 0.1) is 19.9 Å². The van der Waals surface area contributed by atoms with Gasteiger partial charge in [-0.15, -0.1) is 0 Å². The molecule has 0 aliphatic heterocycles. The van der Waals surface area contributed by atoms with E-state index in [4.69, 9.17) is 14.9 Å². The molecule has 122 valence electrons. The molecule has 0 saturated heterocycles. The van der Waals surface area contributed by atoms with E-state index in [-0.39, 0.29) is 15.6 Å². The molecule has 1 aromatic heterocycles. The highest BCUT2D eigenvalue weighted by Crippen LogP contribution is 2.17. The molecule has 3 rings (SSSR count). The molecule has 0 amide bonds. The number of carbonyl (C=O) groups excluding carboxylic acids is 1. The molecule has 24 heavy (non-hydrogen) atoms. The summed E-state index contributed by atoms with van der Waals surface area (Å²) in [5, 5.41) is 12.6. The average molecular weight is 341 g/mol. The molecule has 0 saturated carbocycles. The maximum atomic E-state index is 12.5. The lowest BCUT2D eigenvalue weighted by atomic mass is 10.1. The lowest BCUT2D eigenvalue weighted by Gasteiger charge is -2.03. The molecular formula is C17H15N3O3S. The number of ketones is 1. The highest BCUT2D eigenvalue weighted by molar-refractivity contribution is 7.11. The Bertz CT molecular complexity index is 912. The third-order valence-corrected chi connectivity index (χ3v) is 4.27. The van der Waals surface area contributed by atoms with Gasteiger partial charge in [-0.2, -0.15) is 5.10 Å². The zero-order valence-corrected chi connectivity index (χ0v) is 14.0. The number of benzene rings is 2. The van der Waals surface area contributed by atoms with Crippen LogP contribution in [-0.2, 0) is 0 Å².